The van der Waals surface area contributed by atoms with Gasteiger partial charge in [0, 0.05) is 17.8 Å². The topological polar surface area (TPSA) is 114 Å². The summed E-state index contributed by atoms with van der Waals surface area (Å²) in [6, 6.07) is 5.76. The maximum Gasteiger partial charge on any atom is 0.271 e. The first-order valence-electron chi connectivity index (χ1n) is 7.07. The van der Waals surface area contributed by atoms with Gasteiger partial charge < -0.3 is 5.32 Å². The molecular formula is C14H15ClN6O3S. The molecule has 3 N–H and O–H groups in total. The van der Waals surface area contributed by atoms with Crippen LogP contribution in [-0.4, -0.2) is 25.7 Å². The van der Waals surface area contributed by atoms with Crippen LogP contribution in [0, 0.1) is 24.0 Å². The Bertz CT molecular complexity index is 838. The molecule has 25 heavy (non-hydrogen) atoms. The molecule has 0 fully saturated rings. The van der Waals surface area contributed by atoms with Gasteiger partial charge in [0.2, 0.25) is 0 Å². The molecule has 0 unspecified atom stereocenters. The molecule has 9 nitrogen and oxygen atoms in total. The minimum atomic E-state index is -0.547. The number of hydrogen-bond acceptors (Lipinski definition) is 5. The summed E-state index contributed by atoms with van der Waals surface area (Å²) in [4.78, 5) is 22.1. The van der Waals surface area contributed by atoms with Crippen molar-refractivity contribution < 1.29 is 9.72 Å². The van der Waals surface area contributed by atoms with Crippen LogP contribution in [0.1, 0.15) is 11.4 Å². The first kappa shape index (κ1) is 18.6. The van der Waals surface area contributed by atoms with Gasteiger partial charge in [-0.05, 0) is 38.2 Å². The molecule has 2 rings (SSSR count). The molecule has 0 bridgehead atoms. The quantitative estimate of drug-likeness (QED) is 0.421. The third kappa shape index (κ3) is 5.13. The van der Waals surface area contributed by atoms with E-state index in [0.717, 1.165) is 11.4 Å². The van der Waals surface area contributed by atoms with Crippen molar-refractivity contribution in [2.75, 3.05) is 5.32 Å². The summed E-state index contributed by atoms with van der Waals surface area (Å²) in [7, 11) is 0. The second-order valence-electron chi connectivity index (χ2n) is 5.13. The number of amides is 1. The average Bonchev–Trinajstić information content (AvgIpc) is 2.84. The van der Waals surface area contributed by atoms with Crippen LogP contribution in [0.25, 0.3) is 0 Å². The lowest BCUT2D eigenvalue weighted by Gasteiger charge is -2.13. The Morgan fingerprint density at radius 2 is 2.08 bits per heavy atom. The number of non-ortho nitro benzene ring substituents is 1. The van der Waals surface area contributed by atoms with Crippen LogP contribution >= 0.6 is 23.8 Å². The molecule has 1 aromatic carbocycles. The normalized spacial score (nSPS) is 10.2. The average molecular weight is 383 g/mol. The highest BCUT2D eigenvalue weighted by atomic mass is 35.5. The van der Waals surface area contributed by atoms with E-state index >= 15 is 0 Å². The zero-order chi connectivity index (χ0) is 18.6. The van der Waals surface area contributed by atoms with Crippen molar-refractivity contribution in [1.82, 2.24) is 20.6 Å². The van der Waals surface area contributed by atoms with Gasteiger partial charge in [0.1, 0.15) is 6.54 Å². The molecule has 2 aromatic rings. The third-order valence-corrected chi connectivity index (χ3v) is 3.65. The summed E-state index contributed by atoms with van der Waals surface area (Å²) in [6.07, 6.45) is 0. The number of anilines is 1. The van der Waals surface area contributed by atoms with E-state index in [1.165, 1.54) is 18.2 Å². The smallest absolute Gasteiger partial charge is 0.271 e. The van der Waals surface area contributed by atoms with Gasteiger partial charge in [0.15, 0.2) is 5.11 Å². The van der Waals surface area contributed by atoms with Gasteiger partial charge in [0.25, 0.3) is 11.6 Å². The van der Waals surface area contributed by atoms with Crippen molar-refractivity contribution in [3.8, 4) is 0 Å². The van der Waals surface area contributed by atoms with Crippen molar-refractivity contribution >= 4 is 46.2 Å². The molecule has 0 atom stereocenters. The number of nitrogens with zero attached hydrogens (tertiary/aromatic N) is 3. The summed E-state index contributed by atoms with van der Waals surface area (Å²) < 4.78 is 1.56. The highest BCUT2D eigenvalue weighted by Crippen LogP contribution is 2.26. The van der Waals surface area contributed by atoms with Crippen LogP contribution in [0.15, 0.2) is 24.3 Å². The van der Waals surface area contributed by atoms with Gasteiger partial charge in [-0.3, -0.25) is 30.4 Å². The Labute approximate surface area is 153 Å². The van der Waals surface area contributed by atoms with E-state index in [1.807, 2.05) is 19.9 Å². The number of nitrogens with one attached hydrogen (secondary N) is 3. The minimum absolute atomic E-state index is 0.0207. The van der Waals surface area contributed by atoms with Gasteiger partial charge in [-0.25, -0.2) is 0 Å². The fourth-order valence-electron chi connectivity index (χ4n) is 2.01. The van der Waals surface area contributed by atoms with Crippen LogP contribution in [0.3, 0.4) is 0 Å². The number of carbonyl (C=O) groups excluding carboxylic acids is 1. The van der Waals surface area contributed by atoms with Crippen molar-refractivity contribution in [3.63, 3.8) is 0 Å². The van der Waals surface area contributed by atoms with Crippen LogP contribution in [0.2, 0.25) is 5.02 Å². The van der Waals surface area contributed by atoms with Gasteiger partial charge in [0.05, 0.1) is 21.3 Å². The van der Waals surface area contributed by atoms with E-state index in [-0.39, 0.29) is 34.0 Å². The highest BCUT2D eigenvalue weighted by Gasteiger charge is 2.11. The Morgan fingerprint density at radius 3 is 2.68 bits per heavy atom. The fraction of sp³-hybridized carbons (Fsp3) is 0.214. The summed E-state index contributed by atoms with van der Waals surface area (Å²) in [6.45, 7) is 3.70. The molecule has 0 aliphatic heterocycles. The van der Waals surface area contributed by atoms with E-state index in [4.69, 9.17) is 23.8 Å². The van der Waals surface area contributed by atoms with E-state index in [0.29, 0.717) is 0 Å². The molecule has 0 aliphatic carbocycles. The van der Waals surface area contributed by atoms with Crippen LogP contribution in [0.5, 0.6) is 0 Å². The second-order valence-corrected chi connectivity index (χ2v) is 5.95. The van der Waals surface area contributed by atoms with Crippen LogP contribution < -0.4 is 16.2 Å². The minimum Gasteiger partial charge on any atom is -0.330 e. The first-order valence-corrected chi connectivity index (χ1v) is 7.85. The monoisotopic (exact) mass is 382 g/mol. The van der Waals surface area contributed by atoms with Crippen molar-refractivity contribution in [2.45, 2.75) is 20.4 Å². The zero-order valence-corrected chi connectivity index (χ0v) is 14.9. The summed E-state index contributed by atoms with van der Waals surface area (Å²) in [5.74, 6) is -0.361. The van der Waals surface area contributed by atoms with Gasteiger partial charge in [-0.15, -0.1) is 0 Å². The molecule has 132 valence electrons. The Kier molecular flexibility index (Phi) is 5.88. The number of nitro groups is 1. The number of hydrazine groups is 1. The standard InChI is InChI=1S/C14H15ClN6O3S/c1-8-5-9(2)20(19-8)7-13(22)17-18-14(25)16-12-6-10(21(23)24)3-4-11(12)15/h3-6H,7H2,1-2H3,(H,17,22)(H2,16,18,25). The molecule has 1 aromatic heterocycles. The molecule has 1 heterocycles. The molecule has 0 saturated heterocycles. The molecule has 0 saturated carbocycles. The van der Waals surface area contributed by atoms with Crippen molar-refractivity contribution in [2.24, 2.45) is 0 Å². The number of hydrogen-bond donors (Lipinski definition) is 3. The molecule has 0 radical (unpaired) electrons. The maximum atomic E-state index is 11.9. The zero-order valence-electron chi connectivity index (χ0n) is 13.4. The largest absolute Gasteiger partial charge is 0.330 e. The number of aryl methyl sites for hydroxylation is 2. The summed E-state index contributed by atoms with van der Waals surface area (Å²) >= 11 is 11.0. The van der Waals surface area contributed by atoms with E-state index in [9.17, 15) is 14.9 Å². The summed E-state index contributed by atoms with van der Waals surface area (Å²) in [5.41, 5.74) is 6.71. The van der Waals surface area contributed by atoms with E-state index in [1.54, 1.807) is 4.68 Å². The number of halogens is 1. The Balaban J connectivity index is 1.90. The lowest BCUT2D eigenvalue weighted by molar-refractivity contribution is -0.384. The van der Waals surface area contributed by atoms with Crippen molar-refractivity contribution in [1.29, 1.82) is 0 Å². The van der Waals surface area contributed by atoms with Gasteiger partial charge in [-0.2, -0.15) is 5.10 Å². The molecule has 0 spiro atoms. The number of carbonyl (C=O) groups is 1. The summed E-state index contributed by atoms with van der Waals surface area (Å²) in [5, 5.41) is 17.9. The molecular weight excluding hydrogens is 368 g/mol. The van der Waals surface area contributed by atoms with E-state index in [2.05, 4.69) is 21.3 Å². The first-order chi connectivity index (χ1) is 11.8. The molecule has 11 heteroatoms. The fourth-order valence-corrected chi connectivity index (χ4v) is 2.34. The predicted molar refractivity (Wildman–Crippen MR) is 97.3 cm³/mol. The van der Waals surface area contributed by atoms with Crippen LogP contribution in [0.4, 0.5) is 11.4 Å². The second kappa shape index (κ2) is 7.90. The Hall–Kier alpha value is -2.72. The van der Waals surface area contributed by atoms with Crippen LogP contribution in [-0.2, 0) is 11.3 Å². The third-order valence-electron chi connectivity index (χ3n) is 3.12. The van der Waals surface area contributed by atoms with Crippen molar-refractivity contribution in [3.05, 3.63) is 50.8 Å². The molecule has 1 amide bonds. The maximum absolute atomic E-state index is 11.9. The highest BCUT2D eigenvalue weighted by molar-refractivity contribution is 7.80. The lowest BCUT2D eigenvalue weighted by Crippen LogP contribution is -2.45. The SMILES string of the molecule is Cc1cc(C)n(CC(=O)NNC(=S)Nc2cc([N+](=O)[O-])ccc2Cl)n1. The number of thiocarbonyl (C=S) groups is 1. The van der Waals surface area contributed by atoms with Gasteiger partial charge >= 0.3 is 0 Å². The predicted octanol–water partition coefficient (Wildman–Crippen LogP) is 2.08. The number of benzene rings is 1. The number of rotatable bonds is 4. The van der Waals surface area contributed by atoms with Gasteiger partial charge in [-0.1, -0.05) is 11.6 Å². The number of aromatic nitrogens is 2. The molecule has 0 aliphatic rings. The van der Waals surface area contributed by atoms with E-state index < -0.39 is 4.92 Å². The lowest BCUT2D eigenvalue weighted by atomic mass is 10.3. The Morgan fingerprint density at radius 1 is 1.36 bits per heavy atom. The number of nitro benzene ring substituents is 1.